The summed E-state index contributed by atoms with van der Waals surface area (Å²) in [6, 6.07) is 7.33. The van der Waals surface area contributed by atoms with Crippen LogP contribution in [0, 0.1) is 0 Å². The van der Waals surface area contributed by atoms with Crippen molar-refractivity contribution in [1.29, 1.82) is 0 Å². The molecule has 0 aliphatic carbocycles. The largest absolute Gasteiger partial charge is 0.339 e. The molecule has 3 aliphatic heterocycles. The average Bonchev–Trinajstić information content (AvgIpc) is 2.84. The highest BCUT2D eigenvalue weighted by Crippen LogP contribution is 2.24. The fourth-order valence-corrected chi connectivity index (χ4v) is 5.14. The van der Waals surface area contributed by atoms with Crippen LogP contribution in [0.5, 0.6) is 0 Å². The molecule has 2 fully saturated rings. The number of amides is 5. The number of carbonyl (C=O) groups excluding carboxylic acids is 3. The van der Waals surface area contributed by atoms with Gasteiger partial charge in [0.2, 0.25) is 5.91 Å². The zero-order valence-corrected chi connectivity index (χ0v) is 23.7. The van der Waals surface area contributed by atoms with Crippen molar-refractivity contribution >= 4 is 23.7 Å². The molecule has 11 heteroatoms. The molecular weight excluding hydrogens is 496 g/mol. The molecule has 0 bridgehead atoms. The van der Waals surface area contributed by atoms with E-state index < -0.39 is 11.2 Å². The van der Waals surface area contributed by atoms with Gasteiger partial charge in [-0.15, -0.1) is 0 Å². The molecule has 5 amide bonds. The molecular formula is C28H44N8O3. The standard InChI is InChI=1S/C28H44N8O3/c1-26(2,29)19-23(37)34-14-16-35(17-15-34)24(38)31-28(4)10-13-36(25(39)32-28)22-7-5-6-21(18-22)20-33-11-8-27(3,30)9-12-33/h5-7,10,13,18H,8-9,11-12,14-17,19-20,29-30H2,1-4H3,(H,31,38)(H,32,39). The lowest BCUT2D eigenvalue weighted by Crippen LogP contribution is -2.65. The Labute approximate surface area is 231 Å². The van der Waals surface area contributed by atoms with Crippen molar-refractivity contribution in [2.75, 3.05) is 44.2 Å². The van der Waals surface area contributed by atoms with Crippen molar-refractivity contribution in [2.24, 2.45) is 11.5 Å². The van der Waals surface area contributed by atoms with Gasteiger partial charge in [-0.25, -0.2) is 9.59 Å². The lowest BCUT2D eigenvalue weighted by atomic mass is 9.91. The molecule has 1 atom stereocenters. The molecule has 3 aliphatic rings. The number of piperidine rings is 1. The molecule has 39 heavy (non-hydrogen) atoms. The monoisotopic (exact) mass is 540 g/mol. The number of hydrogen-bond donors (Lipinski definition) is 4. The minimum absolute atomic E-state index is 0.00404. The first-order chi connectivity index (χ1) is 18.2. The smallest absolute Gasteiger partial charge is 0.328 e. The van der Waals surface area contributed by atoms with Crippen molar-refractivity contribution in [2.45, 2.75) is 70.2 Å². The van der Waals surface area contributed by atoms with Crippen LogP contribution in [0.4, 0.5) is 15.3 Å². The summed E-state index contributed by atoms with van der Waals surface area (Å²) in [7, 11) is 0. The SMILES string of the molecule is CC(C)(N)CC(=O)N1CCN(C(=O)NC2(C)C=CN(c3cccc(CN4CCC(C)(N)CC4)c3)C(=O)N2)CC1. The number of urea groups is 2. The van der Waals surface area contributed by atoms with Gasteiger partial charge >= 0.3 is 12.1 Å². The molecule has 0 saturated carbocycles. The maximum atomic E-state index is 13.1. The zero-order chi connectivity index (χ0) is 28.4. The summed E-state index contributed by atoms with van der Waals surface area (Å²) in [5.41, 5.74) is 12.4. The van der Waals surface area contributed by atoms with Crippen LogP contribution in [0.3, 0.4) is 0 Å². The number of carbonyl (C=O) groups is 3. The second-order valence-electron chi connectivity index (χ2n) is 12.4. The van der Waals surface area contributed by atoms with Crippen LogP contribution in [0.15, 0.2) is 36.5 Å². The van der Waals surface area contributed by atoms with Crippen LogP contribution in [0.1, 0.15) is 52.5 Å². The molecule has 214 valence electrons. The van der Waals surface area contributed by atoms with Crippen molar-refractivity contribution in [1.82, 2.24) is 25.3 Å². The molecule has 1 aromatic rings. The van der Waals surface area contributed by atoms with E-state index in [1.807, 2.05) is 32.0 Å². The van der Waals surface area contributed by atoms with Gasteiger partial charge in [0, 0.05) is 69.5 Å². The Balaban J connectivity index is 1.32. The van der Waals surface area contributed by atoms with Gasteiger partial charge in [0.25, 0.3) is 0 Å². The number of likely N-dealkylation sites (tertiary alicyclic amines) is 1. The number of nitrogens with two attached hydrogens (primary N) is 2. The number of nitrogens with zero attached hydrogens (tertiary/aromatic N) is 4. The Kier molecular flexibility index (Phi) is 8.25. The number of piperazine rings is 1. The Bertz CT molecular complexity index is 1100. The molecule has 4 rings (SSSR count). The predicted octanol–water partition coefficient (Wildman–Crippen LogP) is 1.74. The van der Waals surface area contributed by atoms with E-state index >= 15 is 0 Å². The minimum atomic E-state index is -1.04. The summed E-state index contributed by atoms with van der Waals surface area (Å²) in [5.74, 6) is -0.00404. The average molecular weight is 541 g/mol. The molecule has 11 nitrogen and oxygen atoms in total. The van der Waals surface area contributed by atoms with Crippen molar-refractivity contribution < 1.29 is 14.4 Å². The van der Waals surface area contributed by atoms with Crippen LogP contribution in [0.2, 0.25) is 0 Å². The summed E-state index contributed by atoms with van der Waals surface area (Å²) in [6.45, 7) is 12.0. The van der Waals surface area contributed by atoms with Crippen molar-refractivity contribution in [3.05, 3.63) is 42.1 Å². The van der Waals surface area contributed by atoms with Gasteiger partial charge in [-0.1, -0.05) is 12.1 Å². The predicted molar refractivity (Wildman–Crippen MR) is 152 cm³/mol. The zero-order valence-electron chi connectivity index (χ0n) is 23.7. The highest BCUT2D eigenvalue weighted by molar-refractivity contribution is 5.96. The van der Waals surface area contributed by atoms with Crippen molar-refractivity contribution in [3.8, 4) is 0 Å². The number of benzene rings is 1. The number of hydrogen-bond acceptors (Lipinski definition) is 6. The van der Waals surface area contributed by atoms with Gasteiger partial charge in [-0.2, -0.15) is 0 Å². The number of rotatable bonds is 6. The second-order valence-corrected chi connectivity index (χ2v) is 12.4. The first kappa shape index (κ1) is 28.8. The first-order valence-corrected chi connectivity index (χ1v) is 13.8. The molecule has 2 saturated heterocycles. The van der Waals surface area contributed by atoms with Gasteiger partial charge in [0.05, 0.1) is 5.69 Å². The van der Waals surface area contributed by atoms with Gasteiger partial charge in [-0.05, 0) is 64.3 Å². The lowest BCUT2D eigenvalue weighted by Gasteiger charge is -2.40. The Hall–Kier alpha value is -3.15. The van der Waals surface area contributed by atoms with E-state index in [0.717, 1.165) is 43.7 Å². The normalized spacial score (nSPS) is 23.9. The highest BCUT2D eigenvalue weighted by Gasteiger charge is 2.35. The third kappa shape index (κ3) is 7.71. The molecule has 1 unspecified atom stereocenters. The molecule has 6 N–H and O–H groups in total. The lowest BCUT2D eigenvalue weighted by molar-refractivity contribution is -0.133. The summed E-state index contributed by atoms with van der Waals surface area (Å²) in [6.07, 6.45) is 5.67. The van der Waals surface area contributed by atoms with Crippen LogP contribution in [0.25, 0.3) is 0 Å². The van der Waals surface area contributed by atoms with E-state index in [2.05, 4.69) is 28.5 Å². The van der Waals surface area contributed by atoms with E-state index in [1.165, 1.54) is 0 Å². The van der Waals surface area contributed by atoms with Crippen LogP contribution in [-0.2, 0) is 11.3 Å². The Morgan fingerprint density at radius 2 is 1.69 bits per heavy atom. The van der Waals surface area contributed by atoms with Crippen LogP contribution in [-0.4, -0.2) is 88.7 Å². The van der Waals surface area contributed by atoms with Gasteiger partial charge in [0.1, 0.15) is 5.66 Å². The maximum absolute atomic E-state index is 13.1. The molecule has 0 spiro atoms. The fraction of sp³-hybridized carbons (Fsp3) is 0.607. The van der Waals surface area contributed by atoms with Crippen LogP contribution >= 0.6 is 0 Å². The topological polar surface area (TPSA) is 140 Å². The molecule has 0 aromatic heterocycles. The van der Waals surface area contributed by atoms with Crippen molar-refractivity contribution in [3.63, 3.8) is 0 Å². The maximum Gasteiger partial charge on any atom is 0.328 e. The summed E-state index contributed by atoms with van der Waals surface area (Å²) in [4.78, 5) is 45.9. The van der Waals surface area contributed by atoms with E-state index in [4.69, 9.17) is 11.5 Å². The molecule has 3 heterocycles. The second kappa shape index (κ2) is 11.1. The summed E-state index contributed by atoms with van der Waals surface area (Å²) < 4.78 is 0. The van der Waals surface area contributed by atoms with Gasteiger partial charge in [-0.3, -0.25) is 14.6 Å². The summed E-state index contributed by atoms with van der Waals surface area (Å²) >= 11 is 0. The van der Waals surface area contributed by atoms with E-state index in [-0.39, 0.29) is 29.9 Å². The van der Waals surface area contributed by atoms with Gasteiger partial charge in [0.15, 0.2) is 0 Å². The van der Waals surface area contributed by atoms with E-state index in [0.29, 0.717) is 26.2 Å². The minimum Gasteiger partial charge on any atom is -0.339 e. The van der Waals surface area contributed by atoms with E-state index in [9.17, 15) is 14.4 Å². The van der Waals surface area contributed by atoms with E-state index in [1.54, 1.807) is 33.9 Å². The molecule has 0 radical (unpaired) electrons. The Morgan fingerprint density at radius 1 is 1.05 bits per heavy atom. The molecule has 1 aromatic carbocycles. The fourth-order valence-electron chi connectivity index (χ4n) is 5.14. The quantitative estimate of drug-likeness (QED) is 0.433. The number of anilines is 1. The third-order valence-electron chi connectivity index (χ3n) is 7.63. The third-order valence-corrected chi connectivity index (χ3v) is 7.63. The first-order valence-electron chi connectivity index (χ1n) is 13.8. The number of nitrogens with one attached hydrogen (secondary N) is 2. The highest BCUT2D eigenvalue weighted by atomic mass is 16.2. The Morgan fingerprint density at radius 3 is 2.31 bits per heavy atom. The summed E-state index contributed by atoms with van der Waals surface area (Å²) in [5, 5.41) is 5.84. The van der Waals surface area contributed by atoms with Crippen LogP contribution < -0.4 is 27.0 Å². The van der Waals surface area contributed by atoms with Gasteiger partial charge < -0.3 is 31.9 Å².